The van der Waals surface area contributed by atoms with Crippen LogP contribution in [0, 0.1) is 0 Å². The highest BCUT2D eigenvalue weighted by Crippen LogP contribution is 2.38. The molecule has 1 aliphatic carbocycles. The standard InChI is InChI=1S/C16H21BClNO2/c1-6-11-12-7-10(9-19-14(12)8-13(11)18)17-20-15(2,3)16(4,5)21-17/h7,9H,6,8H2,1-5H3. The molecule has 0 bridgehead atoms. The highest BCUT2D eigenvalue weighted by molar-refractivity contribution is 6.62. The summed E-state index contributed by atoms with van der Waals surface area (Å²) in [6.45, 7) is 10.3. The summed E-state index contributed by atoms with van der Waals surface area (Å²) in [6.07, 6.45) is 3.51. The van der Waals surface area contributed by atoms with E-state index in [1.165, 1.54) is 5.57 Å². The number of nitrogens with zero attached hydrogens (tertiary/aromatic N) is 1. The highest BCUT2D eigenvalue weighted by Gasteiger charge is 2.52. The number of rotatable bonds is 2. The fourth-order valence-electron chi connectivity index (χ4n) is 2.80. The first-order chi connectivity index (χ1) is 9.75. The summed E-state index contributed by atoms with van der Waals surface area (Å²) in [5.41, 5.74) is 3.68. The Morgan fingerprint density at radius 2 is 1.86 bits per heavy atom. The summed E-state index contributed by atoms with van der Waals surface area (Å²) in [4.78, 5) is 4.56. The van der Waals surface area contributed by atoms with Crippen molar-refractivity contribution < 1.29 is 9.31 Å². The lowest BCUT2D eigenvalue weighted by Crippen LogP contribution is -2.41. The Morgan fingerprint density at radius 3 is 2.43 bits per heavy atom. The molecule has 1 aromatic rings. The van der Waals surface area contributed by atoms with Gasteiger partial charge < -0.3 is 9.31 Å². The van der Waals surface area contributed by atoms with Gasteiger partial charge in [0.1, 0.15) is 0 Å². The molecule has 0 N–H and O–H groups in total. The number of halogens is 1. The van der Waals surface area contributed by atoms with Crippen LogP contribution in [0.25, 0.3) is 5.57 Å². The van der Waals surface area contributed by atoms with Gasteiger partial charge in [0, 0.05) is 28.7 Å². The summed E-state index contributed by atoms with van der Waals surface area (Å²) in [5.74, 6) is 0. The number of allylic oxidation sites excluding steroid dienone is 2. The van der Waals surface area contributed by atoms with Gasteiger partial charge in [-0.1, -0.05) is 24.6 Å². The molecule has 0 saturated carbocycles. The SMILES string of the molecule is CCC1=C(Cl)Cc2ncc(B3OC(C)(C)C(C)(C)O3)cc21. The van der Waals surface area contributed by atoms with Crippen molar-refractivity contribution in [3.8, 4) is 0 Å². The molecular weight excluding hydrogens is 284 g/mol. The Kier molecular flexibility index (Phi) is 3.47. The normalized spacial score (nSPS) is 22.9. The second kappa shape index (κ2) is 4.84. The van der Waals surface area contributed by atoms with Crippen LogP contribution in [0.1, 0.15) is 52.3 Å². The van der Waals surface area contributed by atoms with Gasteiger partial charge in [0.25, 0.3) is 0 Å². The van der Waals surface area contributed by atoms with E-state index in [1.807, 2.05) is 6.20 Å². The monoisotopic (exact) mass is 305 g/mol. The summed E-state index contributed by atoms with van der Waals surface area (Å²) in [6, 6.07) is 2.12. The number of aromatic nitrogens is 1. The second-order valence-electron chi connectivity index (χ2n) is 6.76. The van der Waals surface area contributed by atoms with Gasteiger partial charge in [-0.25, -0.2) is 0 Å². The molecule has 0 aromatic carbocycles. The molecular formula is C16H21BClNO2. The van der Waals surface area contributed by atoms with E-state index >= 15 is 0 Å². The zero-order chi connectivity index (χ0) is 15.4. The molecule has 1 fully saturated rings. The van der Waals surface area contributed by atoms with Crippen LogP contribution in [0.2, 0.25) is 0 Å². The molecule has 2 aliphatic rings. The Labute approximate surface area is 131 Å². The van der Waals surface area contributed by atoms with Crippen molar-refractivity contribution in [1.82, 2.24) is 4.98 Å². The van der Waals surface area contributed by atoms with Crippen molar-refractivity contribution in [3.63, 3.8) is 0 Å². The van der Waals surface area contributed by atoms with Crippen LogP contribution in [0.15, 0.2) is 17.3 Å². The first kappa shape index (κ1) is 15.1. The maximum atomic E-state index is 6.32. The number of pyridine rings is 1. The van der Waals surface area contributed by atoms with Crippen molar-refractivity contribution in [2.45, 2.75) is 58.7 Å². The average Bonchev–Trinajstić information content (AvgIpc) is 2.81. The number of hydrogen-bond donors (Lipinski definition) is 0. The third kappa shape index (κ3) is 2.34. The summed E-state index contributed by atoms with van der Waals surface area (Å²) < 4.78 is 12.2. The topological polar surface area (TPSA) is 31.4 Å². The van der Waals surface area contributed by atoms with Crippen LogP contribution in [0.3, 0.4) is 0 Å². The molecule has 1 saturated heterocycles. The van der Waals surface area contributed by atoms with Crippen molar-refractivity contribution in [3.05, 3.63) is 28.6 Å². The molecule has 5 heteroatoms. The lowest BCUT2D eigenvalue weighted by molar-refractivity contribution is 0.00578. The molecule has 3 rings (SSSR count). The van der Waals surface area contributed by atoms with E-state index < -0.39 is 0 Å². The fraction of sp³-hybridized carbons (Fsp3) is 0.562. The molecule has 2 heterocycles. The van der Waals surface area contributed by atoms with Gasteiger partial charge >= 0.3 is 7.12 Å². The van der Waals surface area contributed by atoms with Crippen LogP contribution in [0.4, 0.5) is 0 Å². The van der Waals surface area contributed by atoms with Gasteiger partial charge in [-0.3, -0.25) is 4.98 Å². The summed E-state index contributed by atoms with van der Waals surface area (Å²) in [5, 5.41) is 0.908. The maximum absolute atomic E-state index is 6.32. The molecule has 0 unspecified atom stereocenters. The Morgan fingerprint density at radius 1 is 1.24 bits per heavy atom. The third-order valence-electron chi connectivity index (χ3n) is 4.85. The van der Waals surface area contributed by atoms with Gasteiger partial charge in [0.2, 0.25) is 0 Å². The van der Waals surface area contributed by atoms with E-state index in [9.17, 15) is 0 Å². The molecule has 3 nitrogen and oxygen atoms in total. The number of hydrogen-bond acceptors (Lipinski definition) is 3. The number of fused-ring (bicyclic) bond motifs is 1. The zero-order valence-corrected chi connectivity index (χ0v) is 14.0. The third-order valence-corrected chi connectivity index (χ3v) is 5.21. The summed E-state index contributed by atoms with van der Waals surface area (Å²) in [7, 11) is -0.370. The van der Waals surface area contributed by atoms with E-state index in [4.69, 9.17) is 20.9 Å². The van der Waals surface area contributed by atoms with Gasteiger partial charge in [-0.2, -0.15) is 0 Å². The Balaban J connectivity index is 1.95. The molecule has 1 aromatic heterocycles. The second-order valence-corrected chi connectivity index (χ2v) is 7.22. The molecule has 1 aliphatic heterocycles. The van der Waals surface area contributed by atoms with Crippen LogP contribution in [0.5, 0.6) is 0 Å². The van der Waals surface area contributed by atoms with Crippen molar-refractivity contribution in [2.75, 3.05) is 0 Å². The Hall–Kier alpha value is -0.835. The predicted molar refractivity (Wildman–Crippen MR) is 86.7 cm³/mol. The van der Waals surface area contributed by atoms with Crippen molar-refractivity contribution in [2.24, 2.45) is 0 Å². The van der Waals surface area contributed by atoms with E-state index in [-0.39, 0.29) is 18.3 Å². The highest BCUT2D eigenvalue weighted by atomic mass is 35.5. The van der Waals surface area contributed by atoms with Crippen LogP contribution in [-0.4, -0.2) is 23.3 Å². The van der Waals surface area contributed by atoms with Crippen molar-refractivity contribution in [1.29, 1.82) is 0 Å². The fourth-order valence-corrected chi connectivity index (χ4v) is 3.16. The van der Waals surface area contributed by atoms with Gasteiger partial charge in [-0.05, 0) is 39.7 Å². The smallest absolute Gasteiger partial charge is 0.399 e. The average molecular weight is 306 g/mol. The van der Waals surface area contributed by atoms with E-state index in [2.05, 4.69) is 45.7 Å². The maximum Gasteiger partial charge on any atom is 0.496 e. The van der Waals surface area contributed by atoms with Gasteiger partial charge in [-0.15, -0.1) is 0 Å². The molecule has 0 atom stereocenters. The molecule has 0 spiro atoms. The first-order valence-corrected chi connectivity index (χ1v) is 7.85. The molecule has 0 amide bonds. The molecule has 0 radical (unpaired) electrons. The minimum Gasteiger partial charge on any atom is -0.399 e. The quantitative estimate of drug-likeness (QED) is 0.786. The van der Waals surface area contributed by atoms with Crippen LogP contribution >= 0.6 is 11.6 Å². The zero-order valence-electron chi connectivity index (χ0n) is 13.3. The van der Waals surface area contributed by atoms with Crippen molar-refractivity contribution >= 4 is 29.8 Å². The largest absolute Gasteiger partial charge is 0.496 e. The minimum absolute atomic E-state index is 0.336. The Bertz CT molecular complexity index is 609. The van der Waals surface area contributed by atoms with Crippen LogP contribution in [-0.2, 0) is 15.7 Å². The van der Waals surface area contributed by atoms with E-state index in [0.29, 0.717) is 0 Å². The lowest BCUT2D eigenvalue weighted by Gasteiger charge is -2.32. The molecule has 21 heavy (non-hydrogen) atoms. The van der Waals surface area contributed by atoms with E-state index in [0.717, 1.165) is 34.6 Å². The molecule has 112 valence electrons. The summed E-state index contributed by atoms with van der Waals surface area (Å²) >= 11 is 6.32. The van der Waals surface area contributed by atoms with E-state index in [1.54, 1.807) is 0 Å². The van der Waals surface area contributed by atoms with Gasteiger partial charge in [0.15, 0.2) is 0 Å². The van der Waals surface area contributed by atoms with Gasteiger partial charge in [0.05, 0.1) is 16.9 Å². The lowest BCUT2D eigenvalue weighted by atomic mass is 9.79. The first-order valence-electron chi connectivity index (χ1n) is 7.47. The van der Waals surface area contributed by atoms with Crippen LogP contribution < -0.4 is 5.46 Å². The minimum atomic E-state index is -0.370. The predicted octanol–water partition coefficient (Wildman–Crippen LogP) is 3.30.